The molecule has 2 saturated heterocycles. The van der Waals surface area contributed by atoms with Crippen LogP contribution in [-0.4, -0.2) is 66.9 Å². The van der Waals surface area contributed by atoms with E-state index in [-0.39, 0.29) is 17.3 Å². The van der Waals surface area contributed by atoms with Gasteiger partial charge in [-0.2, -0.15) is 0 Å². The maximum atomic E-state index is 13.4. The number of piperazine rings is 1. The van der Waals surface area contributed by atoms with Gasteiger partial charge in [0.05, 0.1) is 0 Å². The number of carbonyl (C=O) groups is 1. The summed E-state index contributed by atoms with van der Waals surface area (Å²) in [7, 11) is 2.16. The number of hydrogen-bond acceptors (Lipinski definition) is 3. The number of nitrogens with zero attached hydrogens (tertiary/aromatic N) is 3. The Morgan fingerprint density at radius 2 is 1.62 bits per heavy atom. The number of halogens is 1. The molecule has 0 bridgehead atoms. The van der Waals surface area contributed by atoms with E-state index in [0.717, 1.165) is 52.1 Å². The SMILES string of the molecule is CCC(=O)N1CCC(c2ccc(F)cc2)(N2CCN(C)CC2)CC1. The molecule has 2 aliphatic rings. The Hall–Kier alpha value is -1.46. The van der Waals surface area contributed by atoms with Gasteiger partial charge >= 0.3 is 0 Å². The Morgan fingerprint density at radius 1 is 1.04 bits per heavy atom. The first-order valence-electron chi connectivity index (χ1n) is 9.02. The summed E-state index contributed by atoms with van der Waals surface area (Å²) < 4.78 is 13.4. The average Bonchev–Trinajstić information content (AvgIpc) is 2.62. The van der Waals surface area contributed by atoms with Gasteiger partial charge in [-0.1, -0.05) is 19.1 Å². The highest BCUT2D eigenvalue weighted by Crippen LogP contribution is 2.39. The molecule has 2 fully saturated rings. The van der Waals surface area contributed by atoms with Crippen LogP contribution in [0, 0.1) is 5.82 Å². The van der Waals surface area contributed by atoms with Crippen molar-refractivity contribution in [3.63, 3.8) is 0 Å². The van der Waals surface area contributed by atoms with E-state index in [1.165, 1.54) is 5.56 Å². The zero-order valence-corrected chi connectivity index (χ0v) is 14.8. The van der Waals surface area contributed by atoms with Gasteiger partial charge in [0.15, 0.2) is 0 Å². The molecule has 0 saturated carbocycles. The number of hydrogen-bond donors (Lipinski definition) is 0. The van der Waals surface area contributed by atoms with E-state index >= 15 is 0 Å². The van der Waals surface area contributed by atoms with Gasteiger partial charge in [-0.05, 0) is 37.6 Å². The standard InChI is InChI=1S/C19H28FN3O/c1-3-18(24)22-10-8-19(9-11-22,16-4-6-17(20)7-5-16)23-14-12-21(2)13-15-23/h4-7H,3,8-15H2,1-2H3. The Morgan fingerprint density at radius 3 is 2.17 bits per heavy atom. The molecular weight excluding hydrogens is 305 g/mol. The summed E-state index contributed by atoms with van der Waals surface area (Å²) in [6.07, 6.45) is 2.42. The highest BCUT2D eigenvalue weighted by Gasteiger charge is 2.42. The molecule has 0 radical (unpaired) electrons. The van der Waals surface area contributed by atoms with E-state index < -0.39 is 0 Å². The van der Waals surface area contributed by atoms with Crippen LogP contribution in [0.5, 0.6) is 0 Å². The van der Waals surface area contributed by atoms with Crippen LogP contribution in [0.15, 0.2) is 24.3 Å². The molecule has 1 aromatic rings. The van der Waals surface area contributed by atoms with E-state index in [4.69, 9.17) is 0 Å². The fourth-order valence-corrected chi connectivity index (χ4v) is 4.13. The minimum absolute atomic E-state index is 0.0700. The molecule has 2 heterocycles. The first-order valence-corrected chi connectivity index (χ1v) is 9.02. The second-order valence-corrected chi connectivity index (χ2v) is 7.06. The van der Waals surface area contributed by atoms with Crippen molar-refractivity contribution in [1.82, 2.24) is 14.7 Å². The van der Waals surface area contributed by atoms with Crippen LogP contribution in [0.1, 0.15) is 31.7 Å². The molecule has 0 atom stereocenters. The van der Waals surface area contributed by atoms with Crippen molar-refractivity contribution in [3.8, 4) is 0 Å². The lowest BCUT2D eigenvalue weighted by Crippen LogP contribution is -2.59. The number of rotatable bonds is 3. The Bertz CT molecular complexity index is 558. The zero-order valence-electron chi connectivity index (χ0n) is 14.8. The number of likely N-dealkylation sites (tertiary alicyclic amines) is 1. The van der Waals surface area contributed by atoms with Crippen molar-refractivity contribution >= 4 is 5.91 Å². The molecule has 1 amide bonds. The summed E-state index contributed by atoms with van der Waals surface area (Å²) in [6.45, 7) is 7.66. The minimum Gasteiger partial charge on any atom is -0.343 e. The van der Waals surface area contributed by atoms with Crippen molar-refractivity contribution in [1.29, 1.82) is 0 Å². The summed E-state index contributed by atoms with van der Waals surface area (Å²) in [5, 5.41) is 0. The van der Waals surface area contributed by atoms with E-state index in [1.54, 1.807) is 12.1 Å². The Labute approximate surface area is 144 Å². The number of carbonyl (C=O) groups excluding carboxylic acids is 1. The van der Waals surface area contributed by atoms with Gasteiger partial charge in [0, 0.05) is 51.2 Å². The summed E-state index contributed by atoms with van der Waals surface area (Å²) in [6, 6.07) is 7.00. The van der Waals surface area contributed by atoms with Gasteiger partial charge in [-0.3, -0.25) is 9.69 Å². The fraction of sp³-hybridized carbons (Fsp3) is 0.632. The summed E-state index contributed by atoms with van der Waals surface area (Å²) in [5.41, 5.74) is 1.12. The normalized spacial score (nSPS) is 22.5. The largest absolute Gasteiger partial charge is 0.343 e. The molecule has 0 spiro atoms. The average molecular weight is 333 g/mol. The number of benzene rings is 1. The molecule has 132 valence electrons. The predicted molar refractivity (Wildman–Crippen MR) is 93.3 cm³/mol. The smallest absolute Gasteiger partial charge is 0.222 e. The molecule has 0 unspecified atom stereocenters. The second kappa shape index (κ2) is 7.19. The number of likely N-dealkylation sites (N-methyl/N-ethyl adjacent to an activating group) is 1. The van der Waals surface area contributed by atoms with Crippen LogP contribution in [0.25, 0.3) is 0 Å². The van der Waals surface area contributed by atoms with E-state index in [2.05, 4.69) is 16.8 Å². The van der Waals surface area contributed by atoms with Crippen molar-refractivity contribution in [2.24, 2.45) is 0 Å². The summed E-state index contributed by atoms with van der Waals surface area (Å²) in [5.74, 6) is 0.0481. The van der Waals surface area contributed by atoms with Crippen LogP contribution in [0.2, 0.25) is 0 Å². The Balaban J connectivity index is 1.85. The zero-order chi connectivity index (χ0) is 17.2. The van der Waals surface area contributed by atoms with Crippen molar-refractivity contribution < 1.29 is 9.18 Å². The third-order valence-corrected chi connectivity index (χ3v) is 5.74. The fourth-order valence-electron chi connectivity index (χ4n) is 4.13. The van der Waals surface area contributed by atoms with Crippen molar-refractivity contribution in [2.45, 2.75) is 31.7 Å². The number of piperidine rings is 1. The van der Waals surface area contributed by atoms with E-state index in [9.17, 15) is 9.18 Å². The maximum absolute atomic E-state index is 13.4. The van der Waals surface area contributed by atoms with Crippen LogP contribution in [-0.2, 0) is 10.3 Å². The quantitative estimate of drug-likeness (QED) is 0.849. The first-order chi connectivity index (χ1) is 11.5. The highest BCUT2D eigenvalue weighted by atomic mass is 19.1. The van der Waals surface area contributed by atoms with Crippen LogP contribution < -0.4 is 0 Å². The lowest BCUT2D eigenvalue weighted by atomic mass is 9.78. The first kappa shape index (κ1) is 17.4. The lowest BCUT2D eigenvalue weighted by Gasteiger charge is -2.51. The molecule has 24 heavy (non-hydrogen) atoms. The maximum Gasteiger partial charge on any atom is 0.222 e. The molecule has 3 rings (SSSR count). The molecular formula is C19H28FN3O. The van der Waals surface area contributed by atoms with Crippen LogP contribution in [0.4, 0.5) is 4.39 Å². The number of amides is 1. The molecule has 1 aromatic carbocycles. The second-order valence-electron chi connectivity index (χ2n) is 7.06. The third-order valence-electron chi connectivity index (χ3n) is 5.74. The van der Waals surface area contributed by atoms with Gasteiger partial charge in [-0.25, -0.2) is 4.39 Å². The van der Waals surface area contributed by atoms with Crippen LogP contribution >= 0.6 is 0 Å². The van der Waals surface area contributed by atoms with Crippen LogP contribution in [0.3, 0.4) is 0 Å². The van der Waals surface area contributed by atoms with Gasteiger partial charge in [0.2, 0.25) is 5.91 Å². The van der Waals surface area contributed by atoms with Crippen molar-refractivity contribution in [2.75, 3.05) is 46.3 Å². The van der Waals surface area contributed by atoms with Gasteiger partial charge in [0.1, 0.15) is 5.82 Å². The van der Waals surface area contributed by atoms with E-state index in [0.29, 0.717) is 6.42 Å². The van der Waals surface area contributed by atoms with Gasteiger partial charge in [-0.15, -0.1) is 0 Å². The molecule has 0 aliphatic carbocycles. The minimum atomic E-state index is -0.189. The molecule has 5 heteroatoms. The highest BCUT2D eigenvalue weighted by molar-refractivity contribution is 5.75. The Kier molecular flexibility index (Phi) is 5.21. The molecule has 0 aromatic heterocycles. The predicted octanol–water partition coefficient (Wildman–Crippen LogP) is 2.30. The monoisotopic (exact) mass is 333 g/mol. The molecule has 0 N–H and O–H groups in total. The van der Waals surface area contributed by atoms with Crippen molar-refractivity contribution in [3.05, 3.63) is 35.6 Å². The lowest BCUT2D eigenvalue weighted by molar-refractivity contribution is -0.134. The molecule has 4 nitrogen and oxygen atoms in total. The summed E-state index contributed by atoms with van der Waals surface area (Å²) in [4.78, 5) is 18.9. The van der Waals surface area contributed by atoms with Gasteiger partial charge in [0.25, 0.3) is 0 Å². The summed E-state index contributed by atoms with van der Waals surface area (Å²) >= 11 is 0. The molecule has 2 aliphatic heterocycles. The third kappa shape index (κ3) is 3.33. The topological polar surface area (TPSA) is 26.8 Å². The van der Waals surface area contributed by atoms with E-state index in [1.807, 2.05) is 24.0 Å². The van der Waals surface area contributed by atoms with Gasteiger partial charge < -0.3 is 9.80 Å².